The van der Waals surface area contributed by atoms with E-state index in [1.165, 1.54) is 5.56 Å². The molecule has 1 heterocycles. The van der Waals surface area contributed by atoms with Crippen molar-refractivity contribution in [2.45, 2.75) is 51.1 Å². The second-order valence-electron chi connectivity index (χ2n) is 7.37. The Hall–Kier alpha value is -2.39. The second kappa shape index (κ2) is 9.35. The van der Waals surface area contributed by atoms with Gasteiger partial charge in [0.05, 0.1) is 12.6 Å². The van der Waals surface area contributed by atoms with Gasteiger partial charge in [0.25, 0.3) is 0 Å². The number of nitriles is 1. The van der Waals surface area contributed by atoms with Crippen LogP contribution in [0.4, 0.5) is 0 Å². The van der Waals surface area contributed by atoms with Gasteiger partial charge in [0.15, 0.2) is 0 Å². The maximum Gasteiger partial charge on any atom is 0.237 e. The highest BCUT2D eigenvalue weighted by molar-refractivity contribution is 5.80. The third kappa shape index (κ3) is 6.16. The first-order valence-corrected chi connectivity index (χ1v) is 9.16. The molecule has 6 heteroatoms. The van der Waals surface area contributed by atoms with Gasteiger partial charge in [-0.3, -0.25) is 9.59 Å². The molecule has 1 fully saturated rings. The largest absolute Gasteiger partial charge is 0.356 e. The average molecular weight is 356 g/mol. The van der Waals surface area contributed by atoms with Crippen molar-refractivity contribution in [3.05, 3.63) is 35.9 Å². The minimum atomic E-state index is -0.492. The standard InChI is InChI=1S/C20H28N4O2/c1-20(2,23-15-19(26)24-12-6-9-17(24)14-21)13-18(25)22-11-10-16-7-4-3-5-8-16/h3-5,7-8,17,23H,6,9-13,15H2,1-2H3,(H,22,25)/t17-/m0/s1. The number of amides is 2. The molecule has 1 aliphatic rings. The van der Waals surface area contributed by atoms with Crippen LogP contribution < -0.4 is 10.6 Å². The van der Waals surface area contributed by atoms with E-state index in [1.807, 2.05) is 44.2 Å². The van der Waals surface area contributed by atoms with Crippen LogP contribution in [-0.4, -0.2) is 47.9 Å². The monoisotopic (exact) mass is 356 g/mol. The van der Waals surface area contributed by atoms with Crippen molar-refractivity contribution in [1.29, 1.82) is 5.26 Å². The van der Waals surface area contributed by atoms with Gasteiger partial charge in [0, 0.05) is 25.0 Å². The topological polar surface area (TPSA) is 85.2 Å². The predicted octanol–water partition coefficient (Wildman–Crippen LogP) is 1.62. The summed E-state index contributed by atoms with van der Waals surface area (Å²) in [5.74, 6) is -0.117. The fourth-order valence-corrected chi connectivity index (χ4v) is 3.13. The Morgan fingerprint density at radius 1 is 1.31 bits per heavy atom. The van der Waals surface area contributed by atoms with Gasteiger partial charge in [-0.25, -0.2) is 0 Å². The molecule has 1 atom stereocenters. The molecule has 2 rings (SSSR count). The lowest BCUT2D eigenvalue weighted by atomic mass is 10.00. The number of likely N-dealkylation sites (tertiary alicyclic amines) is 1. The van der Waals surface area contributed by atoms with Crippen molar-refractivity contribution in [2.24, 2.45) is 0 Å². The van der Waals surface area contributed by atoms with Gasteiger partial charge < -0.3 is 15.5 Å². The number of nitrogens with one attached hydrogen (secondary N) is 2. The lowest BCUT2D eigenvalue weighted by Gasteiger charge is -2.27. The number of hydrogen-bond acceptors (Lipinski definition) is 4. The van der Waals surface area contributed by atoms with E-state index >= 15 is 0 Å². The number of carbonyl (C=O) groups is 2. The molecule has 1 saturated heterocycles. The van der Waals surface area contributed by atoms with Crippen molar-refractivity contribution < 1.29 is 9.59 Å². The van der Waals surface area contributed by atoms with E-state index in [9.17, 15) is 9.59 Å². The van der Waals surface area contributed by atoms with E-state index in [4.69, 9.17) is 5.26 Å². The van der Waals surface area contributed by atoms with Gasteiger partial charge in [0.1, 0.15) is 6.04 Å². The van der Waals surface area contributed by atoms with Crippen LogP contribution in [0.1, 0.15) is 38.7 Å². The van der Waals surface area contributed by atoms with Gasteiger partial charge in [-0.05, 0) is 38.7 Å². The predicted molar refractivity (Wildman–Crippen MR) is 100 cm³/mol. The Kier molecular flexibility index (Phi) is 7.16. The molecule has 26 heavy (non-hydrogen) atoms. The summed E-state index contributed by atoms with van der Waals surface area (Å²) in [6.07, 6.45) is 2.70. The van der Waals surface area contributed by atoms with Crippen LogP contribution in [0.15, 0.2) is 30.3 Å². The normalized spacial score (nSPS) is 17.0. The number of hydrogen-bond donors (Lipinski definition) is 2. The molecule has 140 valence electrons. The summed E-state index contributed by atoms with van der Waals surface area (Å²) in [4.78, 5) is 26.1. The summed E-state index contributed by atoms with van der Waals surface area (Å²) in [7, 11) is 0. The van der Waals surface area contributed by atoms with Crippen molar-refractivity contribution in [3.63, 3.8) is 0 Å². The minimum Gasteiger partial charge on any atom is -0.356 e. The molecule has 1 aliphatic heterocycles. The van der Waals surface area contributed by atoms with E-state index in [0.29, 0.717) is 13.1 Å². The van der Waals surface area contributed by atoms with Crippen LogP contribution in [0.2, 0.25) is 0 Å². The molecule has 0 radical (unpaired) electrons. The average Bonchev–Trinajstić information content (AvgIpc) is 3.09. The summed E-state index contributed by atoms with van der Waals surface area (Å²) in [5.41, 5.74) is 0.697. The highest BCUT2D eigenvalue weighted by Crippen LogP contribution is 2.16. The SMILES string of the molecule is CC(C)(CC(=O)NCCc1ccccc1)NCC(=O)N1CCC[C@H]1C#N. The molecular formula is C20H28N4O2. The number of rotatable bonds is 8. The van der Waals surface area contributed by atoms with Crippen LogP contribution in [0, 0.1) is 11.3 Å². The molecule has 1 aromatic carbocycles. The van der Waals surface area contributed by atoms with Gasteiger partial charge in [-0.1, -0.05) is 30.3 Å². The Bertz CT molecular complexity index is 652. The van der Waals surface area contributed by atoms with Gasteiger partial charge in [0.2, 0.25) is 11.8 Å². The summed E-state index contributed by atoms with van der Waals surface area (Å²) < 4.78 is 0. The molecule has 0 aliphatic carbocycles. The van der Waals surface area contributed by atoms with Crippen molar-refractivity contribution >= 4 is 11.8 Å². The summed E-state index contributed by atoms with van der Waals surface area (Å²) in [5, 5.41) is 15.2. The van der Waals surface area contributed by atoms with Gasteiger partial charge in [-0.15, -0.1) is 0 Å². The zero-order chi connectivity index (χ0) is 19.0. The minimum absolute atomic E-state index is 0.0399. The molecule has 6 nitrogen and oxygen atoms in total. The molecule has 1 aromatic rings. The molecule has 0 bridgehead atoms. The molecule has 0 aromatic heterocycles. The molecular weight excluding hydrogens is 328 g/mol. The zero-order valence-corrected chi connectivity index (χ0v) is 15.6. The van der Waals surface area contributed by atoms with Crippen molar-refractivity contribution in [3.8, 4) is 6.07 Å². The Labute approximate surface area is 155 Å². The molecule has 0 saturated carbocycles. The maximum atomic E-state index is 12.3. The van der Waals surface area contributed by atoms with Crippen LogP contribution in [0.3, 0.4) is 0 Å². The maximum absolute atomic E-state index is 12.3. The fraction of sp³-hybridized carbons (Fsp3) is 0.550. The first-order chi connectivity index (χ1) is 12.4. The molecule has 2 amide bonds. The lowest BCUT2D eigenvalue weighted by molar-refractivity contribution is -0.131. The number of carbonyl (C=O) groups excluding carboxylic acids is 2. The van der Waals surface area contributed by atoms with Crippen molar-refractivity contribution in [1.82, 2.24) is 15.5 Å². The fourth-order valence-electron chi connectivity index (χ4n) is 3.13. The number of nitrogens with zero attached hydrogens (tertiary/aromatic N) is 2. The van der Waals surface area contributed by atoms with Gasteiger partial charge >= 0.3 is 0 Å². The second-order valence-corrected chi connectivity index (χ2v) is 7.37. The van der Waals surface area contributed by atoms with Crippen molar-refractivity contribution in [2.75, 3.05) is 19.6 Å². The van der Waals surface area contributed by atoms with Gasteiger partial charge in [-0.2, -0.15) is 5.26 Å². The smallest absolute Gasteiger partial charge is 0.237 e. The van der Waals surface area contributed by atoms with Crippen LogP contribution in [0.25, 0.3) is 0 Å². The van der Waals surface area contributed by atoms with Crippen LogP contribution >= 0.6 is 0 Å². The van der Waals surface area contributed by atoms with E-state index in [2.05, 4.69) is 16.7 Å². The summed E-state index contributed by atoms with van der Waals surface area (Å²) in [6, 6.07) is 11.9. The lowest BCUT2D eigenvalue weighted by Crippen LogP contribution is -2.49. The summed E-state index contributed by atoms with van der Waals surface area (Å²) in [6.45, 7) is 5.18. The highest BCUT2D eigenvalue weighted by Gasteiger charge is 2.30. The van der Waals surface area contributed by atoms with E-state index in [1.54, 1.807) is 4.90 Å². The first-order valence-electron chi connectivity index (χ1n) is 9.16. The third-order valence-corrected chi connectivity index (χ3v) is 4.62. The van der Waals surface area contributed by atoms with E-state index < -0.39 is 5.54 Å². The Balaban J connectivity index is 1.70. The first kappa shape index (κ1) is 19.9. The van der Waals surface area contributed by atoms with Crippen LogP contribution in [0.5, 0.6) is 0 Å². The van der Waals surface area contributed by atoms with E-state index in [-0.39, 0.29) is 30.8 Å². The summed E-state index contributed by atoms with van der Waals surface area (Å²) >= 11 is 0. The Morgan fingerprint density at radius 3 is 2.73 bits per heavy atom. The zero-order valence-electron chi connectivity index (χ0n) is 15.6. The molecule has 0 unspecified atom stereocenters. The number of benzene rings is 1. The molecule has 0 spiro atoms. The highest BCUT2D eigenvalue weighted by atomic mass is 16.2. The molecule has 2 N–H and O–H groups in total. The van der Waals surface area contributed by atoms with E-state index in [0.717, 1.165) is 19.3 Å². The van der Waals surface area contributed by atoms with Crippen LogP contribution in [-0.2, 0) is 16.0 Å². The quantitative estimate of drug-likeness (QED) is 0.741. The third-order valence-electron chi connectivity index (χ3n) is 4.62. The Morgan fingerprint density at radius 2 is 2.04 bits per heavy atom.